The van der Waals surface area contributed by atoms with Gasteiger partial charge in [-0.2, -0.15) is 0 Å². The molecule has 3 rings (SSSR count). The van der Waals surface area contributed by atoms with E-state index in [2.05, 4.69) is 5.32 Å². The van der Waals surface area contributed by atoms with Gasteiger partial charge in [0.15, 0.2) is 0 Å². The van der Waals surface area contributed by atoms with E-state index >= 15 is 0 Å². The molecule has 1 fully saturated rings. The number of hydrogen-bond donors (Lipinski definition) is 2. The molecule has 1 aliphatic heterocycles. The van der Waals surface area contributed by atoms with Crippen LogP contribution in [0.1, 0.15) is 11.1 Å². The van der Waals surface area contributed by atoms with Gasteiger partial charge < -0.3 is 19.7 Å². The van der Waals surface area contributed by atoms with Crippen LogP contribution in [0.15, 0.2) is 27.4 Å². The fraction of sp³-hybridized carbons (Fsp3) is 0.312. The van der Waals surface area contributed by atoms with Gasteiger partial charge in [0.2, 0.25) is 11.8 Å². The minimum Gasteiger partial charge on any atom is -0.508 e. The molecule has 0 bridgehead atoms. The topological polar surface area (TPSA) is 99.9 Å². The van der Waals surface area contributed by atoms with Crippen molar-refractivity contribution in [1.82, 2.24) is 10.2 Å². The SMILES string of the molecule is Cc1c(CC(=O)N2CCNC(=O)C2)c(=O)oc2cc(O)ccc12. The summed E-state index contributed by atoms with van der Waals surface area (Å²) < 4.78 is 5.20. The Morgan fingerprint density at radius 3 is 2.91 bits per heavy atom. The quantitative estimate of drug-likeness (QED) is 0.777. The Bertz CT molecular complexity index is 855. The average Bonchev–Trinajstić information content (AvgIpc) is 2.51. The molecular weight excluding hydrogens is 300 g/mol. The highest BCUT2D eigenvalue weighted by Gasteiger charge is 2.23. The highest BCUT2D eigenvalue weighted by molar-refractivity contribution is 5.88. The predicted molar refractivity (Wildman–Crippen MR) is 82.2 cm³/mol. The van der Waals surface area contributed by atoms with Crippen LogP contribution in [0.2, 0.25) is 0 Å². The van der Waals surface area contributed by atoms with Gasteiger partial charge in [-0.15, -0.1) is 0 Å². The number of rotatable bonds is 2. The maximum absolute atomic E-state index is 12.3. The molecule has 0 spiro atoms. The molecule has 23 heavy (non-hydrogen) atoms. The number of aryl methyl sites for hydroxylation is 1. The van der Waals surface area contributed by atoms with Crippen LogP contribution in [0.3, 0.4) is 0 Å². The third-order valence-electron chi connectivity index (χ3n) is 3.99. The Labute approximate surface area is 131 Å². The van der Waals surface area contributed by atoms with Crippen molar-refractivity contribution in [3.05, 3.63) is 39.7 Å². The van der Waals surface area contributed by atoms with E-state index in [1.54, 1.807) is 13.0 Å². The first kappa shape index (κ1) is 15.1. The van der Waals surface area contributed by atoms with Gasteiger partial charge in [-0.25, -0.2) is 4.79 Å². The summed E-state index contributed by atoms with van der Waals surface area (Å²) in [6.45, 7) is 2.58. The highest BCUT2D eigenvalue weighted by Crippen LogP contribution is 2.23. The van der Waals surface area contributed by atoms with Crippen LogP contribution < -0.4 is 10.9 Å². The largest absolute Gasteiger partial charge is 0.508 e. The van der Waals surface area contributed by atoms with Gasteiger partial charge in [-0.1, -0.05) is 0 Å². The van der Waals surface area contributed by atoms with Crippen LogP contribution in [0.25, 0.3) is 11.0 Å². The maximum Gasteiger partial charge on any atom is 0.340 e. The lowest BCUT2D eigenvalue weighted by Crippen LogP contribution is -2.50. The summed E-state index contributed by atoms with van der Waals surface area (Å²) in [5.41, 5.74) is 0.599. The van der Waals surface area contributed by atoms with Gasteiger partial charge in [0.1, 0.15) is 11.3 Å². The van der Waals surface area contributed by atoms with E-state index in [0.717, 1.165) is 0 Å². The van der Waals surface area contributed by atoms with E-state index in [1.807, 2.05) is 0 Å². The molecule has 0 aliphatic carbocycles. The number of phenols is 1. The van der Waals surface area contributed by atoms with Crippen molar-refractivity contribution in [2.24, 2.45) is 0 Å². The Hall–Kier alpha value is -2.83. The molecule has 1 aliphatic rings. The van der Waals surface area contributed by atoms with Crippen LogP contribution >= 0.6 is 0 Å². The fourth-order valence-corrected chi connectivity index (χ4v) is 2.70. The Kier molecular flexibility index (Phi) is 3.77. The number of carbonyl (C=O) groups is 2. The summed E-state index contributed by atoms with van der Waals surface area (Å²) in [6.07, 6.45) is -0.113. The van der Waals surface area contributed by atoms with Crippen molar-refractivity contribution in [1.29, 1.82) is 0 Å². The number of hydrogen-bond acceptors (Lipinski definition) is 5. The summed E-state index contributed by atoms with van der Waals surface area (Å²) in [5.74, 6) is -0.487. The van der Waals surface area contributed by atoms with Gasteiger partial charge >= 0.3 is 5.63 Å². The standard InChI is InChI=1S/C16H16N2O5/c1-9-11-3-2-10(19)6-13(11)23-16(22)12(9)7-15(21)18-5-4-17-14(20)8-18/h2-3,6,19H,4-5,7-8H2,1H3,(H,17,20). The predicted octanol–water partition coefficient (Wildman–Crippen LogP) is 0.308. The van der Waals surface area contributed by atoms with E-state index in [-0.39, 0.29) is 41.7 Å². The number of phenolic OH excluding ortho intramolecular Hbond substituents is 1. The van der Waals surface area contributed by atoms with E-state index in [0.29, 0.717) is 24.0 Å². The van der Waals surface area contributed by atoms with Crippen LogP contribution in [0.4, 0.5) is 0 Å². The van der Waals surface area contributed by atoms with E-state index in [4.69, 9.17) is 4.42 Å². The molecule has 7 heteroatoms. The first-order chi connectivity index (χ1) is 11.0. The first-order valence-corrected chi connectivity index (χ1v) is 7.25. The number of aromatic hydroxyl groups is 1. The number of fused-ring (bicyclic) bond motifs is 1. The van der Waals surface area contributed by atoms with Gasteiger partial charge in [-0.3, -0.25) is 9.59 Å². The van der Waals surface area contributed by atoms with E-state index < -0.39 is 5.63 Å². The zero-order valence-corrected chi connectivity index (χ0v) is 12.6. The number of piperazine rings is 1. The maximum atomic E-state index is 12.3. The van der Waals surface area contributed by atoms with Crippen LogP contribution in [0.5, 0.6) is 5.75 Å². The second kappa shape index (κ2) is 5.75. The molecule has 2 aromatic rings. The van der Waals surface area contributed by atoms with E-state index in [1.165, 1.54) is 17.0 Å². The van der Waals surface area contributed by atoms with Crippen LogP contribution in [0, 0.1) is 6.92 Å². The summed E-state index contributed by atoms with van der Waals surface area (Å²) in [4.78, 5) is 37.3. The van der Waals surface area contributed by atoms with Gasteiger partial charge in [-0.05, 0) is 24.6 Å². The summed E-state index contributed by atoms with van der Waals surface area (Å²) in [7, 11) is 0. The van der Waals surface area contributed by atoms with Crippen molar-refractivity contribution in [3.63, 3.8) is 0 Å². The van der Waals surface area contributed by atoms with Crippen molar-refractivity contribution in [2.75, 3.05) is 19.6 Å². The number of amides is 2. The van der Waals surface area contributed by atoms with Crippen LogP contribution in [-0.4, -0.2) is 41.5 Å². The summed E-state index contributed by atoms with van der Waals surface area (Å²) >= 11 is 0. The van der Waals surface area contributed by atoms with E-state index in [9.17, 15) is 19.5 Å². The zero-order valence-electron chi connectivity index (χ0n) is 12.6. The Morgan fingerprint density at radius 1 is 1.39 bits per heavy atom. The lowest BCUT2D eigenvalue weighted by atomic mass is 10.0. The molecule has 7 nitrogen and oxygen atoms in total. The lowest BCUT2D eigenvalue weighted by Gasteiger charge is -2.26. The Balaban J connectivity index is 1.93. The summed E-state index contributed by atoms with van der Waals surface area (Å²) in [5, 5.41) is 12.8. The number of benzene rings is 1. The highest BCUT2D eigenvalue weighted by atomic mass is 16.4. The van der Waals surface area contributed by atoms with Crippen molar-refractivity contribution >= 4 is 22.8 Å². The molecule has 1 saturated heterocycles. The van der Waals surface area contributed by atoms with Gasteiger partial charge in [0.05, 0.1) is 18.5 Å². The monoisotopic (exact) mass is 316 g/mol. The smallest absolute Gasteiger partial charge is 0.340 e. The Morgan fingerprint density at radius 2 is 2.17 bits per heavy atom. The molecule has 0 atom stereocenters. The van der Waals surface area contributed by atoms with Gasteiger partial charge in [0.25, 0.3) is 0 Å². The minimum atomic E-state index is -0.601. The molecule has 120 valence electrons. The van der Waals surface area contributed by atoms with Crippen molar-refractivity contribution < 1.29 is 19.1 Å². The molecule has 2 amide bonds. The van der Waals surface area contributed by atoms with Crippen molar-refractivity contribution in [2.45, 2.75) is 13.3 Å². The normalized spacial score (nSPS) is 14.8. The molecule has 0 radical (unpaired) electrons. The molecule has 2 N–H and O–H groups in total. The molecule has 2 heterocycles. The molecule has 1 aromatic heterocycles. The molecule has 1 aromatic carbocycles. The summed E-state index contributed by atoms with van der Waals surface area (Å²) in [6, 6.07) is 4.51. The van der Waals surface area contributed by atoms with Crippen molar-refractivity contribution in [3.8, 4) is 5.75 Å². The fourth-order valence-electron chi connectivity index (χ4n) is 2.70. The number of nitrogens with one attached hydrogen (secondary N) is 1. The first-order valence-electron chi connectivity index (χ1n) is 7.25. The third kappa shape index (κ3) is 2.90. The average molecular weight is 316 g/mol. The number of carbonyl (C=O) groups excluding carboxylic acids is 2. The van der Waals surface area contributed by atoms with Crippen LogP contribution in [-0.2, 0) is 16.0 Å². The number of nitrogens with zero attached hydrogens (tertiary/aromatic N) is 1. The minimum absolute atomic E-state index is 0.00297. The second-order valence-corrected chi connectivity index (χ2v) is 5.52. The molecule has 0 saturated carbocycles. The van der Waals surface area contributed by atoms with Gasteiger partial charge in [0, 0.05) is 24.5 Å². The lowest BCUT2D eigenvalue weighted by molar-refractivity contribution is -0.137. The third-order valence-corrected chi connectivity index (χ3v) is 3.99. The second-order valence-electron chi connectivity index (χ2n) is 5.52. The molecular formula is C16H16N2O5. The zero-order chi connectivity index (χ0) is 16.6. The molecule has 0 unspecified atom stereocenters.